The predicted molar refractivity (Wildman–Crippen MR) is 84.0 cm³/mol. The van der Waals surface area contributed by atoms with Crippen LogP contribution in [-0.4, -0.2) is 0 Å². The van der Waals surface area contributed by atoms with Crippen molar-refractivity contribution in [2.45, 2.75) is 0 Å². The molecule has 0 amide bonds. The van der Waals surface area contributed by atoms with Crippen LogP contribution in [0.2, 0.25) is 0 Å². The SMILES string of the molecule is Cl.NN(c1ccccc1)c1ccc2ccccc2c1. The third-order valence-corrected chi connectivity index (χ3v) is 3.05. The van der Waals surface area contributed by atoms with Crippen molar-refractivity contribution < 1.29 is 0 Å². The largest absolute Gasteiger partial charge is 0.280 e. The van der Waals surface area contributed by atoms with Crippen LogP contribution in [0.15, 0.2) is 72.8 Å². The minimum atomic E-state index is 0. The van der Waals surface area contributed by atoms with E-state index in [1.165, 1.54) is 10.8 Å². The van der Waals surface area contributed by atoms with Gasteiger partial charge in [-0.25, -0.2) is 5.84 Å². The molecule has 0 aliphatic rings. The van der Waals surface area contributed by atoms with Crippen molar-refractivity contribution in [2.75, 3.05) is 5.01 Å². The Morgan fingerprint density at radius 1 is 0.632 bits per heavy atom. The molecule has 0 radical (unpaired) electrons. The average Bonchev–Trinajstić information content (AvgIpc) is 2.47. The van der Waals surface area contributed by atoms with Gasteiger partial charge in [0, 0.05) is 0 Å². The van der Waals surface area contributed by atoms with Crippen LogP contribution in [0.25, 0.3) is 10.8 Å². The van der Waals surface area contributed by atoms with Gasteiger partial charge in [-0.1, -0.05) is 48.5 Å². The average molecular weight is 271 g/mol. The van der Waals surface area contributed by atoms with E-state index >= 15 is 0 Å². The fourth-order valence-corrected chi connectivity index (χ4v) is 2.06. The second kappa shape index (κ2) is 5.74. The molecule has 0 spiro atoms. The molecule has 0 saturated carbocycles. The van der Waals surface area contributed by atoms with E-state index in [0.717, 1.165) is 11.4 Å². The molecular formula is C16H15ClN2. The number of hydrogen-bond donors (Lipinski definition) is 1. The molecule has 96 valence electrons. The number of rotatable bonds is 2. The van der Waals surface area contributed by atoms with Crippen molar-refractivity contribution in [1.29, 1.82) is 0 Å². The Hall–Kier alpha value is -2.03. The smallest absolute Gasteiger partial charge is 0.0581 e. The third-order valence-electron chi connectivity index (χ3n) is 3.05. The van der Waals surface area contributed by atoms with Gasteiger partial charge in [0.15, 0.2) is 0 Å². The number of halogens is 1. The van der Waals surface area contributed by atoms with Gasteiger partial charge in [-0.2, -0.15) is 0 Å². The van der Waals surface area contributed by atoms with Gasteiger partial charge in [0.25, 0.3) is 0 Å². The molecule has 3 rings (SSSR count). The summed E-state index contributed by atoms with van der Waals surface area (Å²) >= 11 is 0. The number of hydrogen-bond acceptors (Lipinski definition) is 2. The molecular weight excluding hydrogens is 256 g/mol. The molecule has 0 heterocycles. The van der Waals surface area contributed by atoms with Crippen molar-refractivity contribution in [3.63, 3.8) is 0 Å². The van der Waals surface area contributed by atoms with Gasteiger partial charge >= 0.3 is 0 Å². The van der Waals surface area contributed by atoms with Crippen LogP contribution >= 0.6 is 12.4 Å². The minimum absolute atomic E-state index is 0. The van der Waals surface area contributed by atoms with E-state index in [1.807, 2.05) is 48.5 Å². The van der Waals surface area contributed by atoms with Crippen molar-refractivity contribution in [2.24, 2.45) is 5.84 Å². The molecule has 0 fully saturated rings. The standard InChI is InChI=1S/C16H14N2.ClH/c17-18(15-8-2-1-3-9-15)16-11-10-13-6-4-5-7-14(13)12-16;/h1-12H,17H2;1H. The summed E-state index contributed by atoms with van der Waals surface area (Å²) in [4.78, 5) is 0. The number of fused-ring (bicyclic) bond motifs is 1. The molecule has 2 nitrogen and oxygen atoms in total. The molecule has 19 heavy (non-hydrogen) atoms. The lowest BCUT2D eigenvalue weighted by Gasteiger charge is -2.19. The minimum Gasteiger partial charge on any atom is -0.280 e. The zero-order valence-electron chi connectivity index (χ0n) is 10.4. The fraction of sp³-hybridized carbons (Fsp3) is 0. The van der Waals surface area contributed by atoms with Crippen LogP contribution in [-0.2, 0) is 0 Å². The molecule has 0 aliphatic heterocycles. The van der Waals surface area contributed by atoms with Crippen molar-refractivity contribution in [1.82, 2.24) is 0 Å². The Morgan fingerprint density at radius 2 is 1.26 bits per heavy atom. The molecule has 0 aromatic heterocycles. The quantitative estimate of drug-likeness (QED) is 0.556. The normalized spacial score (nSPS) is 9.95. The van der Waals surface area contributed by atoms with Gasteiger partial charge in [-0.05, 0) is 35.0 Å². The number of para-hydroxylation sites is 1. The molecule has 0 atom stereocenters. The monoisotopic (exact) mass is 270 g/mol. The van der Waals surface area contributed by atoms with Crippen LogP contribution in [0.5, 0.6) is 0 Å². The Morgan fingerprint density at radius 3 is 2.00 bits per heavy atom. The summed E-state index contributed by atoms with van der Waals surface area (Å²) in [5.74, 6) is 6.14. The van der Waals surface area contributed by atoms with E-state index in [0.29, 0.717) is 0 Å². The van der Waals surface area contributed by atoms with E-state index in [4.69, 9.17) is 5.84 Å². The number of nitrogens with zero attached hydrogens (tertiary/aromatic N) is 1. The lowest BCUT2D eigenvalue weighted by Crippen LogP contribution is -2.24. The Bertz CT molecular complexity index is 668. The lowest BCUT2D eigenvalue weighted by atomic mass is 10.1. The lowest BCUT2D eigenvalue weighted by molar-refractivity contribution is 1.09. The number of anilines is 2. The molecule has 0 bridgehead atoms. The Labute approximate surface area is 118 Å². The molecule has 3 heteroatoms. The summed E-state index contributed by atoms with van der Waals surface area (Å²) in [5, 5.41) is 4.12. The second-order valence-electron chi connectivity index (χ2n) is 4.24. The van der Waals surface area contributed by atoms with E-state index < -0.39 is 0 Å². The molecule has 3 aromatic rings. The van der Waals surface area contributed by atoms with Crippen LogP contribution < -0.4 is 10.9 Å². The van der Waals surface area contributed by atoms with Gasteiger partial charge in [0.1, 0.15) is 0 Å². The molecule has 0 saturated heterocycles. The van der Waals surface area contributed by atoms with Gasteiger partial charge in [0.05, 0.1) is 11.4 Å². The summed E-state index contributed by atoms with van der Waals surface area (Å²) in [6, 6.07) is 24.4. The second-order valence-corrected chi connectivity index (χ2v) is 4.24. The zero-order chi connectivity index (χ0) is 12.4. The van der Waals surface area contributed by atoms with Crippen LogP contribution in [0, 0.1) is 0 Å². The van der Waals surface area contributed by atoms with E-state index in [1.54, 1.807) is 5.01 Å². The summed E-state index contributed by atoms with van der Waals surface area (Å²) in [6.45, 7) is 0. The van der Waals surface area contributed by atoms with Crippen LogP contribution in [0.4, 0.5) is 11.4 Å². The highest BCUT2D eigenvalue weighted by Gasteiger charge is 2.04. The van der Waals surface area contributed by atoms with Gasteiger partial charge < -0.3 is 0 Å². The van der Waals surface area contributed by atoms with E-state index in [-0.39, 0.29) is 12.4 Å². The van der Waals surface area contributed by atoms with E-state index in [2.05, 4.69) is 24.3 Å². The number of hydrazine groups is 1. The maximum atomic E-state index is 6.14. The first-order chi connectivity index (χ1) is 8.84. The van der Waals surface area contributed by atoms with Crippen molar-refractivity contribution in [3.05, 3.63) is 72.8 Å². The van der Waals surface area contributed by atoms with Crippen molar-refractivity contribution >= 4 is 34.6 Å². The highest BCUT2D eigenvalue weighted by Crippen LogP contribution is 2.25. The summed E-state index contributed by atoms with van der Waals surface area (Å²) < 4.78 is 0. The first-order valence-electron chi connectivity index (χ1n) is 5.93. The molecule has 3 aromatic carbocycles. The fourth-order valence-electron chi connectivity index (χ4n) is 2.06. The Balaban J connectivity index is 0.00000133. The highest BCUT2D eigenvalue weighted by molar-refractivity contribution is 5.86. The molecule has 2 N–H and O–H groups in total. The van der Waals surface area contributed by atoms with Crippen LogP contribution in [0.1, 0.15) is 0 Å². The van der Waals surface area contributed by atoms with Gasteiger partial charge in [-0.15, -0.1) is 12.4 Å². The van der Waals surface area contributed by atoms with Crippen molar-refractivity contribution in [3.8, 4) is 0 Å². The van der Waals surface area contributed by atoms with E-state index in [9.17, 15) is 0 Å². The topological polar surface area (TPSA) is 29.3 Å². The van der Waals surface area contributed by atoms with Gasteiger partial charge in [-0.3, -0.25) is 5.01 Å². The Kier molecular flexibility index (Phi) is 4.05. The maximum absolute atomic E-state index is 6.14. The summed E-state index contributed by atoms with van der Waals surface area (Å²) in [6.07, 6.45) is 0. The summed E-state index contributed by atoms with van der Waals surface area (Å²) in [7, 11) is 0. The summed E-state index contributed by atoms with van der Waals surface area (Å²) in [5.41, 5.74) is 1.97. The first-order valence-corrected chi connectivity index (χ1v) is 5.93. The maximum Gasteiger partial charge on any atom is 0.0581 e. The number of nitrogens with two attached hydrogens (primary N) is 1. The zero-order valence-corrected chi connectivity index (χ0v) is 11.2. The van der Waals surface area contributed by atoms with Gasteiger partial charge in [0.2, 0.25) is 0 Å². The van der Waals surface area contributed by atoms with Crippen LogP contribution in [0.3, 0.4) is 0 Å². The molecule has 0 unspecified atom stereocenters. The molecule has 0 aliphatic carbocycles. The highest BCUT2D eigenvalue weighted by atomic mass is 35.5. The number of benzene rings is 3. The third kappa shape index (κ3) is 2.70. The first kappa shape index (κ1) is 13.4. The predicted octanol–water partition coefficient (Wildman–Crippen LogP) is 4.27.